The van der Waals surface area contributed by atoms with Gasteiger partial charge in [0.05, 0.1) is 18.8 Å². The molecule has 3 aromatic rings. The first kappa shape index (κ1) is 16.6. The summed E-state index contributed by atoms with van der Waals surface area (Å²) < 4.78 is 6.45. The highest BCUT2D eigenvalue weighted by molar-refractivity contribution is 5.92. The number of hydrogen-bond acceptors (Lipinski definition) is 5. The average molecular weight is 337 g/mol. The Labute approximate surface area is 145 Å². The predicted molar refractivity (Wildman–Crippen MR) is 92.5 cm³/mol. The normalized spacial score (nSPS) is 12.4. The molecule has 25 heavy (non-hydrogen) atoms. The largest absolute Gasteiger partial charge is 0.364 e. The van der Waals surface area contributed by atoms with E-state index < -0.39 is 0 Å². The first-order valence-corrected chi connectivity index (χ1v) is 7.94. The zero-order valence-electron chi connectivity index (χ0n) is 14.1. The summed E-state index contributed by atoms with van der Waals surface area (Å²) in [5.41, 5.74) is 2.10. The third-order valence-electron chi connectivity index (χ3n) is 3.95. The van der Waals surface area contributed by atoms with Crippen molar-refractivity contribution < 1.29 is 9.32 Å². The van der Waals surface area contributed by atoms with Crippen LogP contribution in [0.2, 0.25) is 0 Å². The molecule has 0 saturated carbocycles. The fraction of sp³-hybridized carbons (Fsp3) is 0.222. The molecular weight excluding hydrogens is 318 g/mol. The molecule has 0 aliphatic carbocycles. The van der Waals surface area contributed by atoms with Gasteiger partial charge in [-0.05, 0) is 12.5 Å². The Kier molecular flexibility index (Phi) is 5.03. The summed E-state index contributed by atoms with van der Waals surface area (Å²) in [6.07, 6.45) is 7.10. The first-order chi connectivity index (χ1) is 12.1. The molecule has 0 saturated heterocycles. The van der Waals surface area contributed by atoms with Crippen molar-refractivity contribution in [2.24, 2.45) is 0 Å². The molecule has 1 unspecified atom stereocenters. The molecule has 1 amide bonds. The molecule has 128 valence electrons. The van der Waals surface area contributed by atoms with Crippen molar-refractivity contribution >= 4 is 12.0 Å². The standard InChI is InChI=1S/C18H19N5O2/c1-14(16-10-12-25-20-16)22(2)18(24)17-13-23(21-19-17)11-6-9-15-7-4-3-5-8-15/h3-10,12-14H,11H2,1-2H3. The molecular formula is C18H19N5O2. The molecule has 1 atom stereocenters. The summed E-state index contributed by atoms with van der Waals surface area (Å²) in [5, 5.41) is 11.8. The minimum Gasteiger partial charge on any atom is -0.364 e. The lowest BCUT2D eigenvalue weighted by atomic mass is 10.2. The third kappa shape index (κ3) is 4.00. The van der Waals surface area contributed by atoms with Gasteiger partial charge in [-0.3, -0.25) is 4.79 Å². The molecule has 0 radical (unpaired) electrons. The van der Waals surface area contributed by atoms with Crippen molar-refractivity contribution in [1.82, 2.24) is 25.1 Å². The van der Waals surface area contributed by atoms with Crippen LogP contribution in [-0.4, -0.2) is 38.0 Å². The molecule has 2 heterocycles. The number of benzene rings is 1. The van der Waals surface area contributed by atoms with E-state index in [-0.39, 0.29) is 11.9 Å². The molecule has 0 spiro atoms. The molecule has 2 aromatic heterocycles. The predicted octanol–water partition coefficient (Wildman–Crippen LogP) is 2.81. The monoisotopic (exact) mass is 337 g/mol. The summed E-state index contributed by atoms with van der Waals surface area (Å²) in [6, 6.07) is 11.5. The van der Waals surface area contributed by atoms with Crippen molar-refractivity contribution in [2.75, 3.05) is 7.05 Å². The summed E-state index contributed by atoms with van der Waals surface area (Å²) in [6.45, 7) is 2.42. The zero-order chi connectivity index (χ0) is 17.6. The van der Waals surface area contributed by atoms with Crippen LogP contribution in [-0.2, 0) is 6.54 Å². The highest BCUT2D eigenvalue weighted by atomic mass is 16.5. The van der Waals surface area contributed by atoms with Crippen LogP contribution in [0.25, 0.3) is 6.08 Å². The lowest BCUT2D eigenvalue weighted by Gasteiger charge is -2.21. The van der Waals surface area contributed by atoms with Gasteiger partial charge in [-0.15, -0.1) is 5.10 Å². The molecule has 0 aliphatic heterocycles. The smallest absolute Gasteiger partial charge is 0.276 e. The quantitative estimate of drug-likeness (QED) is 0.691. The van der Waals surface area contributed by atoms with Crippen LogP contribution in [0.5, 0.6) is 0 Å². The Morgan fingerprint density at radius 2 is 2.12 bits per heavy atom. The summed E-state index contributed by atoms with van der Waals surface area (Å²) in [5.74, 6) is -0.214. The zero-order valence-corrected chi connectivity index (χ0v) is 14.1. The van der Waals surface area contributed by atoms with Gasteiger partial charge in [-0.25, -0.2) is 4.68 Å². The highest BCUT2D eigenvalue weighted by Gasteiger charge is 2.22. The Bertz CT molecular complexity index is 840. The van der Waals surface area contributed by atoms with Crippen molar-refractivity contribution in [3.8, 4) is 0 Å². The van der Waals surface area contributed by atoms with Gasteiger partial charge >= 0.3 is 0 Å². The van der Waals surface area contributed by atoms with Crippen LogP contribution >= 0.6 is 0 Å². The summed E-state index contributed by atoms with van der Waals surface area (Å²) >= 11 is 0. The van der Waals surface area contributed by atoms with E-state index in [0.29, 0.717) is 17.9 Å². The van der Waals surface area contributed by atoms with Crippen molar-refractivity contribution in [2.45, 2.75) is 19.5 Å². The number of hydrogen-bond donors (Lipinski definition) is 0. The number of nitrogens with zero attached hydrogens (tertiary/aromatic N) is 5. The number of carbonyl (C=O) groups excluding carboxylic acids is 1. The molecule has 0 N–H and O–H groups in total. The molecule has 7 heteroatoms. The average Bonchev–Trinajstić information content (AvgIpc) is 3.33. The first-order valence-electron chi connectivity index (χ1n) is 7.94. The summed E-state index contributed by atoms with van der Waals surface area (Å²) in [7, 11) is 1.70. The van der Waals surface area contributed by atoms with Crippen LogP contribution in [0.1, 0.15) is 34.7 Å². The van der Waals surface area contributed by atoms with Crippen LogP contribution in [0.3, 0.4) is 0 Å². The van der Waals surface area contributed by atoms with Gasteiger partial charge in [-0.1, -0.05) is 52.9 Å². The van der Waals surface area contributed by atoms with Crippen molar-refractivity contribution in [3.63, 3.8) is 0 Å². The second-order valence-electron chi connectivity index (χ2n) is 5.66. The number of aromatic nitrogens is 4. The van der Waals surface area contributed by atoms with Gasteiger partial charge in [0.1, 0.15) is 12.0 Å². The van der Waals surface area contributed by atoms with Crippen LogP contribution in [0.15, 0.2) is 59.5 Å². The van der Waals surface area contributed by atoms with Gasteiger partial charge in [0, 0.05) is 13.1 Å². The molecule has 0 bridgehead atoms. The Balaban J connectivity index is 1.62. The van der Waals surface area contributed by atoms with Gasteiger partial charge < -0.3 is 9.42 Å². The second kappa shape index (κ2) is 7.57. The number of allylic oxidation sites excluding steroid dienone is 1. The highest BCUT2D eigenvalue weighted by Crippen LogP contribution is 2.18. The van der Waals surface area contributed by atoms with E-state index in [1.807, 2.05) is 49.4 Å². The summed E-state index contributed by atoms with van der Waals surface area (Å²) in [4.78, 5) is 14.1. The fourth-order valence-corrected chi connectivity index (χ4v) is 2.34. The van der Waals surface area contributed by atoms with Gasteiger partial charge in [0.15, 0.2) is 5.69 Å². The lowest BCUT2D eigenvalue weighted by Crippen LogP contribution is -2.30. The maximum absolute atomic E-state index is 12.5. The minimum atomic E-state index is -0.214. The van der Waals surface area contributed by atoms with E-state index in [2.05, 4.69) is 15.5 Å². The SMILES string of the molecule is CC(c1ccon1)N(C)C(=O)c1cn(CC=Cc2ccccc2)nn1. The molecule has 0 fully saturated rings. The van der Waals surface area contributed by atoms with Crippen molar-refractivity contribution in [1.29, 1.82) is 0 Å². The Morgan fingerprint density at radius 1 is 1.32 bits per heavy atom. The van der Waals surface area contributed by atoms with Crippen molar-refractivity contribution in [3.05, 3.63) is 71.9 Å². The minimum absolute atomic E-state index is 0.214. The van der Waals surface area contributed by atoms with E-state index in [1.54, 1.807) is 28.9 Å². The van der Waals surface area contributed by atoms with E-state index in [0.717, 1.165) is 5.56 Å². The van der Waals surface area contributed by atoms with Gasteiger partial charge in [-0.2, -0.15) is 0 Å². The Morgan fingerprint density at radius 3 is 2.84 bits per heavy atom. The maximum Gasteiger partial charge on any atom is 0.276 e. The molecule has 1 aromatic carbocycles. The van der Waals surface area contributed by atoms with Gasteiger partial charge in [0.2, 0.25) is 0 Å². The van der Waals surface area contributed by atoms with E-state index in [1.165, 1.54) is 6.26 Å². The molecule has 7 nitrogen and oxygen atoms in total. The maximum atomic E-state index is 12.5. The lowest BCUT2D eigenvalue weighted by molar-refractivity contribution is 0.0731. The van der Waals surface area contributed by atoms with Crippen LogP contribution < -0.4 is 0 Å². The van der Waals surface area contributed by atoms with E-state index in [4.69, 9.17) is 4.52 Å². The van der Waals surface area contributed by atoms with Crippen LogP contribution in [0, 0.1) is 0 Å². The van der Waals surface area contributed by atoms with E-state index >= 15 is 0 Å². The molecule has 3 rings (SSSR count). The van der Waals surface area contributed by atoms with E-state index in [9.17, 15) is 4.79 Å². The fourth-order valence-electron chi connectivity index (χ4n) is 2.34. The second-order valence-corrected chi connectivity index (χ2v) is 5.66. The third-order valence-corrected chi connectivity index (χ3v) is 3.95. The topological polar surface area (TPSA) is 77.0 Å². The number of amides is 1. The van der Waals surface area contributed by atoms with Gasteiger partial charge in [0.25, 0.3) is 5.91 Å². The van der Waals surface area contributed by atoms with Crippen LogP contribution in [0.4, 0.5) is 0 Å². The number of rotatable bonds is 6. The Hall–Kier alpha value is -3.22. The number of carbonyl (C=O) groups is 1. The molecule has 0 aliphatic rings.